The van der Waals surface area contributed by atoms with Crippen LogP contribution in [0.2, 0.25) is 0 Å². The van der Waals surface area contributed by atoms with Crippen molar-refractivity contribution in [2.75, 3.05) is 0 Å². The Bertz CT molecular complexity index is 94.3. The first kappa shape index (κ1) is 8.54. The van der Waals surface area contributed by atoms with E-state index in [9.17, 15) is 0 Å². The number of hydrogen-bond donors (Lipinski definition) is 0. The summed E-state index contributed by atoms with van der Waals surface area (Å²) in [5.41, 5.74) is 0. The van der Waals surface area contributed by atoms with Crippen LogP contribution >= 0.6 is 47.8 Å². The predicted octanol–water partition coefficient (Wildman–Crippen LogP) is 3.46. The van der Waals surface area contributed by atoms with Crippen LogP contribution in [0.1, 0.15) is 19.3 Å². The number of hydrogen-bond acceptors (Lipinski definition) is 0. The van der Waals surface area contributed by atoms with E-state index in [0.29, 0.717) is 9.65 Å². The molecule has 1 fully saturated rings. The third-order valence-corrected chi connectivity index (χ3v) is 5.28. The normalized spacial score (nSPS) is 45.0. The van der Waals surface area contributed by atoms with Crippen LogP contribution in [-0.2, 0) is 0 Å². The van der Waals surface area contributed by atoms with Crippen LogP contribution < -0.4 is 0 Å². The van der Waals surface area contributed by atoms with Crippen LogP contribution in [0, 0.1) is 0 Å². The van der Waals surface area contributed by atoms with E-state index in [0.717, 1.165) is 4.83 Å². The Morgan fingerprint density at radius 1 is 0.889 bits per heavy atom. The Morgan fingerprint density at radius 2 is 1.56 bits per heavy atom. The fourth-order valence-corrected chi connectivity index (χ4v) is 3.40. The molecule has 3 unspecified atom stereocenters. The molecule has 54 valence electrons. The van der Waals surface area contributed by atoms with Gasteiger partial charge in [-0.25, -0.2) is 0 Å². The van der Waals surface area contributed by atoms with Gasteiger partial charge in [0.25, 0.3) is 0 Å². The molecule has 0 spiro atoms. The second-order valence-electron chi connectivity index (χ2n) is 2.44. The second kappa shape index (κ2) is 3.72. The maximum absolute atomic E-state index is 3.62. The van der Waals surface area contributed by atoms with E-state index in [4.69, 9.17) is 0 Å². The van der Waals surface area contributed by atoms with Gasteiger partial charge in [0, 0.05) is 14.5 Å². The molecule has 0 aromatic carbocycles. The van der Waals surface area contributed by atoms with Crippen molar-refractivity contribution in [2.24, 2.45) is 0 Å². The fourth-order valence-electron chi connectivity index (χ4n) is 1.03. The van der Waals surface area contributed by atoms with Gasteiger partial charge in [0.15, 0.2) is 0 Å². The van der Waals surface area contributed by atoms with E-state index in [2.05, 4.69) is 47.8 Å². The molecule has 3 atom stereocenters. The topological polar surface area (TPSA) is 0 Å². The van der Waals surface area contributed by atoms with Gasteiger partial charge in [0.05, 0.1) is 0 Å². The Morgan fingerprint density at radius 3 is 2.00 bits per heavy atom. The Balaban J connectivity index is 2.35. The van der Waals surface area contributed by atoms with Crippen LogP contribution in [0.25, 0.3) is 0 Å². The summed E-state index contributed by atoms with van der Waals surface area (Å²) in [6.45, 7) is 0. The van der Waals surface area contributed by atoms with E-state index in [-0.39, 0.29) is 0 Å². The summed E-state index contributed by atoms with van der Waals surface area (Å²) in [6.07, 6.45) is 3.83. The monoisotopic (exact) mass is 318 g/mol. The molecule has 0 nitrogen and oxygen atoms in total. The minimum Gasteiger partial charge on any atom is -0.0890 e. The summed E-state index contributed by atoms with van der Waals surface area (Å²) in [7, 11) is 0. The van der Waals surface area contributed by atoms with Gasteiger partial charge in [-0.3, -0.25) is 0 Å². The predicted molar refractivity (Wildman–Crippen MR) is 52.0 cm³/mol. The van der Waals surface area contributed by atoms with E-state index >= 15 is 0 Å². The van der Waals surface area contributed by atoms with Gasteiger partial charge in [0.2, 0.25) is 0 Å². The molecule has 3 heteroatoms. The first-order chi connectivity index (χ1) is 4.20. The molecule has 9 heavy (non-hydrogen) atoms. The third-order valence-electron chi connectivity index (χ3n) is 1.63. The molecule has 0 aromatic rings. The van der Waals surface area contributed by atoms with Gasteiger partial charge in [-0.2, -0.15) is 0 Å². The quantitative estimate of drug-likeness (QED) is 0.600. The first-order valence-corrected chi connectivity index (χ1v) is 5.87. The lowest BCUT2D eigenvalue weighted by Crippen LogP contribution is -2.24. The van der Waals surface area contributed by atoms with E-state index < -0.39 is 0 Å². The van der Waals surface area contributed by atoms with Gasteiger partial charge in [-0.05, 0) is 19.3 Å². The molecule has 1 aliphatic carbocycles. The van der Waals surface area contributed by atoms with Crippen LogP contribution in [0.4, 0.5) is 0 Å². The summed E-state index contributed by atoms with van der Waals surface area (Å²) >= 11 is 10.8. The Kier molecular flexibility index (Phi) is 3.53. The molecule has 0 heterocycles. The fraction of sp³-hybridized carbons (Fsp3) is 1.00. The lowest BCUT2D eigenvalue weighted by atomic mass is 10.0. The van der Waals surface area contributed by atoms with Crippen molar-refractivity contribution in [3.05, 3.63) is 0 Å². The number of alkyl halides is 3. The third kappa shape index (κ3) is 2.51. The van der Waals surface area contributed by atoms with Crippen molar-refractivity contribution < 1.29 is 0 Å². The maximum atomic E-state index is 3.62. The zero-order valence-electron chi connectivity index (χ0n) is 4.99. The smallest absolute Gasteiger partial charge is 0.0281 e. The van der Waals surface area contributed by atoms with E-state index in [1.807, 2.05) is 0 Å². The molecule has 0 aliphatic heterocycles. The van der Waals surface area contributed by atoms with Crippen molar-refractivity contribution in [1.82, 2.24) is 0 Å². The summed E-state index contributed by atoms with van der Waals surface area (Å²) in [6, 6.07) is 0. The Hall–Kier alpha value is 1.44. The van der Waals surface area contributed by atoms with Crippen LogP contribution in [0.5, 0.6) is 0 Å². The summed E-state index contributed by atoms with van der Waals surface area (Å²) in [5.74, 6) is 0. The molecule has 0 aromatic heterocycles. The van der Waals surface area contributed by atoms with Crippen molar-refractivity contribution in [3.63, 3.8) is 0 Å². The largest absolute Gasteiger partial charge is 0.0890 e. The molecule has 0 amide bonds. The summed E-state index contributed by atoms with van der Waals surface area (Å²) in [5, 5.41) is 0. The molecule has 1 aliphatic rings. The molecule has 0 radical (unpaired) electrons. The second-order valence-corrected chi connectivity index (χ2v) is 6.09. The molecular weight excluding hydrogens is 312 g/mol. The first-order valence-electron chi connectivity index (χ1n) is 3.12. The highest BCUT2D eigenvalue weighted by Crippen LogP contribution is 2.33. The molecule has 0 saturated heterocycles. The highest BCUT2D eigenvalue weighted by molar-refractivity contribution is 9.12. The van der Waals surface area contributed by atoms with E-state index in [1.54, 1.807) is 0 Å². The highest BCUT2D eigenvalue weighted by atomic mass is 79.9. The van der Waals surface area contributed by atoms with Crippen LogP contribution in [0.3, 0.4) is 0 Å². The van der Waals surface area contributed by atoms with Gasteiger partial charge in [0.1, 0.15) is 0 Å². The highest BCUT2D eigenvalue weighted by Gasteiger charge is 2.24. The summed E-state index contributed by atoms with van der Waals surface area (Å²) in [4.78, 5) is 2.08. The lowest BCUT2D eigenvalue weighted by Gasteiger charge is -2.25. The van der Waals surface area contributed by atoms with Crippen molar-refractivity contribution in [3.8, 4) is 0 Å². The van der Waals surface area contributed by atoms with Gasteiger partial charge < -0.3 is 0 Å². The van der Waals surface area contributed by atoms with Gasteiger partial charge >= 0.3 is 0 Å². The number of rotatable bonds is 0. The van der Waals surface area contributed by atoms with Crippen molar-refractivity contribution >= 4 is 47.8 Å². The molecular formula is C6H9Br3. The standard InChI is InChI=1S/C6H9Br3/c7-4-1-2-5(8)6(9)3-4/h4-6H,1-3H2. The minimum absolute atomic E-state index is 0.663. The maximum Gasteiger partial charge on any atom is 0.0281 e. The molecule has 0 bridgehead atoms. The summed E-state index contributed by atoms with van der Waals surface area (Å²) < 4.78 is 0. The average molecular weight is 321 g/mol. The van der Waals surface area contributed by atoms with Gasteiger partial charge in [-0.1, -0.05) is 47.8 Å². The van der Waals surface area contributed by atoms with Crippen molar-refractivity contribution in [2.45, 2.75) is 33.7 Å². The lowest BCUT2D eigenvalue weighted by molar-refractivity contribution is 0.557. The van der Waals surface area contributed by atoms with Crippen LogP contribution in [0.15, 0.2) is 0 Å². The Labute approximate surface area is 81.2 Å². The zero-order chi connectivity index (χ0) is 6.85. The average Bonchev–Trinajstić information content (AvgIpc) is 1.80. The molecule has 0 N–H and O–H groups in total. The van der Waals surface area contributed by atoms with Gasteiger partial charge in [-0.15, -0.1) is 0 Å². The van der Waals surface area contributed by atoms with Crippen molar-refractivity contribution in [1.29, 1.82) is 0 Å². The van der Waals surface area contributed by atoms with E-state index in [1.165, 1.54) is 19.3 Å². The number of halogens is 3. The SMILES string of the molecule is BrC1CCC(Br)C(Br)C1. The molecule has 1 rings (SSSR count). The minimum atomic E-state index is 0.663. The zero-order valence-corrected chi connectivity index (χ0v) is 9.75. The molecule has 1 saturated carbocycles. The van der Waals surface area contributed by atoms with Crippen LogP contribution in [-0.4, -0.2) is 14.5 Å².